The summed E-state index contributed by atoms with van der Waals surface area (Å²) in [7, 11) is -4.40. The van der Waals surface area contributed by atoms with Gasteiger partial charge in [-0.3, -0.25) is 18.6 Å². The number of hydrogen-bond donors (Lipinski definition) is 2. The fourth-order valence-corrected chi connectivity index (χ4v) is 11.8. The van der Waals surface area contributed by atoms with Crippen LogP contribution in [0.25, 0.3) is 0 Å². The van der Waals surface area contributed by atoms with E-state index in [9.17, 15) is 19.0 Å². The van der Waals surface area contributed by atoms with Gasteiger partial charge in [0.05, 0.1) is 13.2 Å². The zero-order valence-corrected chi connectivity index (χ0v) is 60.2. The van der Waals surface area contributed by atoms with Crippen LogP contribution in [0.3, 0.4) is 0 Å². The van der Waals surface area contributed by atoms with Crippen LogP contribution < -0.4 is 5.73 Å². The first-order chi connectivity index (χ1) is 44.8. The molecule has 0 saturated heterocycles. The van der Waals surface area contributed by atoms with E-state index >= 15 is 0 Å². The normalized spacial score (nSPS) is 13.5. The van der Waals surface area contributed by atoms with Crippen LogP contribution in [0.2, 0.25) is 0 Å². The molecule has 0 bridgehead atoms. The Balaban J connectivity index is 3.81. The Morgan fingerprint density at radius 3 is 0.901 bits per heavy atom. The Morgan fingerprint density at radius 1 is 0.341 bits per heavy atom. The monoisotopic (exact) mass is 1290 g/mol. The van der Waals surface area contributed by atoms with Gasteiger partial charge in [0.2, 0.25) is 0 Å². The lowest BCUT2D eigenvalue weighted by atomic mass is 10.0. The van der Waals surface area contributed by atoms with Crippen LogP contribution in [-0.2, 0) is 32.7 Å². The lowest BCUT2D eigenvalue weighted by molar-refractivity contribution is -0.161. The molecule has 0 rings (SSSR count). The van der Waals surface area contributed by atoms with Gasteiger partial charge in [0, 0.05) is 19.4 Å². The molecule has 0 saturated carbocycles. The third-order valence-corrected chi connectivity index (χ3v) is 17.6. The summed E-state index contributed by atoms with van der Waals surface area (Å²) in [5, 5.41) is 0. The molecule has 0 heterocycles. The van der Waals surface area contributed by atoms with Crippen molar-refractivity contribution in [1.29, 1.82) is 0 Å². The van der Waals surface area contributed by atoms with Gasteiger partial charge in [0.15, 0.2) is 6.10 Å². The molecule has 0 aliphatic carbocycles. The lowest BCUT2D eigenvalue weighted by Crippen LogP contribution is -2.29. The van der Waals surface area contributed by atoms with Gasteiger partial charge < -0.3 is 20.1 Å². The van der Waals surface area contributed by atoms with Crippen LogP contribution in [0.1, 0.15) is 361 Å². The number of unbranched alkanes of at least 4 members (excludes halogenated alkanes) is 41. The molecule has 0 aromatic rings. The van der Waals surface area contributed by atoms with E-state index in [0.29, 0.717) is 6.42 Å². The largest absolute Gasteiger partial charge is 0.472 e. The van der Waals surface area contributed by atoms with Gasteiger partial charge in [-0.15, -0.1) is 0 Å². The van der Waals surface area contributed by atoms with Crippen molar-refractivity contribution in [1.82, 2.24) is 0 Å². The summed E-state index contributed by atoms with van der Waals surface area (Å²) in [6.45, 7) is 3.66. The molecule has 91 heavy (non-hydrogen) atoms. The van der Waals surface area contributed by atoms with E-state index < -0.39 is 26.5 Å². The second kappa shape index (κ2) is 75.7. The minimum absolute atomic E-state index is 0.0521. The Morgan fingerprint density at radius 2 is 0.604 bits per heavy atom. The Kier molecular flexibility index (Phi) is 72.9. The molecular weight excluding hydrogens is 1150 g/mol. The van der Waals surface area contributed by atoms with Crippen molar-refractivity contribution in [2.75, 3.05) is 26.4 Å². The van der Waals surface area contributed by atoms with Crippen molar-refractivity contribution in [2.45, 2.75) is 367 Å². The Labute approximate surface area is 562 Å². The molecule has 3 N–H and O–H groups in total. The van der Waals surface area contributed by atoms with E-state index in [1.807, 2.05) is 0 Å². The van der Waals surface area contributed by atoms with Crippen molar-refractivity contribution in [3.8, 4) is 0 Å². The first-order valence-corrected chi connectivity index (χ1v) is 39.9. The van der Waals surface area contributed by atoms with Crippen LogP contribution in [-0.4, -0.2) is 49.3 Å². The van der Waals surface area contributed by atoms with Crippen molar-refractivity contribution in [2.24, 2.45) is 5.73 Å². The third-order valence-electron chi connectivity index (χ3n) is 16.6. The smallest absolute Gasteiger partial charge is 0.462 e. The van der Waals surface area contributed by atoms with E-state index in [4.69, 9.17) is 24.3 Å². The SMILES string of the molecule is CC/C=C\C/C=C\C/C=C\C/C=C\C/C=C\C/C=C\CCCCCCCCCCCCCCCCCCCCCCCCC(=O)OC(COC(=O)CCCCCCCCCCCCCCCC/C=C\C/C=C\C/C=C\CCCCCCC)COP(=O)(O)OCCN. The molecule has 0 spiro atoms. The van der Waals surface area contributed by atoms with Gasteiger partial charge in [-0.2, -0.15) is 0 Å². The molecule has 0 radical (unpaired) electrons. The predicted molar refractivity (Wildman–Crippen MR) is 395 cm³/mol. The highest BCUT2D eigenvalue weighted by Crippen LogP contribution is 2.43. The first-order valence-electron chi connectivity index (χ1n) is 38.4. The maximum absolute atomic E-state index is 12.8. The number of nitrogens with two attached hydrogens (primary N) is 1. The summed E-state index contributed by atoms with van der Waals surface area (Å²) in [6.07, 6.45) is 105. The van der Waals surface area contributed by atoms with E-state index in [1.165, 1.54) is 244 Å². The Bertz CT molecular complexity index is 1860. The van der Waals surface area contributed by atoms with Crippen LogP contribution in [0.15, 0.2) is 109 Å². The van der Waals surface area contributed by atoms with E-state index in [0.717, 1.165) is 83.5 Å². The van der Waals surface area contributed by atoms with Crippen molar-refractivity contribution in [3.63, 3.8) is 0 Å². The number of phosphoric ester groups is 1. The fraction of sp³-hybridized carbons (Fsp3) is 0.753. The average molecular weight is 1290 g/mol. The summed E-state index contributed by atoms with van der Waals surface area (Å²) < 4.78 is 33.2. The summed E-state index contributed by atoms with van der Waals surface area (Å²) in [5.74, 6) is -0.815. The zero-order valence-electron chi connectivity index (χ0n) is 59.3. The molecule has 0 aromatic carbocycles. The van der Waals surface area contributed by atoms with E-state index in [2.05, 4.69) is 123 Å². The van der Waals surface area contributed by atoms with Crippen molar-refractivity contribution >= 4 is 19.8 Å². The minimum atomic E-state index is -4.40. The summed E-state index contributed by atoms with van der Waals surface area (Å²) in [4.78, 5) is 35.4. The van der Waals surface area contributed by atoms with Gasteiger partial charge in [0.25, 0.3) is 0 Å². The van der Waals surface area contributed by atoms with Gasteiger partial charge in [0.1, 0.15) is 6.61 Å². The number of ether oxygens (including phenoxy) is 2. The van der Waals surface area contributed by atoms with Crippen LogP contribution in [0.5, 0.6) is 0 Å². The molecule has 0 amide bonds. The molecule has 10 heteroatoms. The predicted octanol–water partition coefficient (Wildman–Crippen LogP) is 25.6. The number of carbonyl (C=O) groups is 2. The average Bonchev–Trinajstić information content (AvgIpc) is 3.74. The molecule has 0 aromatic heterocycles. The van der Waals surface area contributed by atoms with Gasteiger partial charge in [-0.05, 0) is 103 Å². The van der Waals surface area contributed by atoms with Crippen molar-refractivity contribution in [3.05, 3.63) is 109 Å². The highest BCUT2D eigenvalue weighted by atomic mass is 31.2. The minimum Gasteiger partial charge on any atom is -0.462 e. The lowest BCUT2D eigenvalue weighted by Gasteiger charge is -2.19. The molecule has 9 nitrogen and oxygen atoms in total. The molecule has 0 aliphatic heterocycles. The molecular formula is C81H144NO8P. The number of allylic oxidation sites excluding steroid dienone is 18. The number of carbonyl (C=O) groups excluding carboxylic acids is 2. The molecule has 2 unspecified atom stereocenters. The van der Waals surface area contributed by atoms with Crippen LogP contribution in [0.4, 0.5) is 0 Å². The number of hydrogen-bond acceptors (Lipinski definition) is 8. The Hall–Kier alpha value is -3.33. The molecule has 526 valence electrons. The number of esters is 2. The van der Waals surface area contributed by atoms with Crippen LogP contribution in [0, 0.1) is 0 Å². The standard InChI is InChI=1S/C81H144NO8P/c1-3-5-7-9-11-13-15-17-19-21-23-25-27-29-31-33-34-35-36-37-38-39-40-41-42-43-44-46-48-50-52-54-56-58-60-62-64-66-68-70-72-74-81(84)90-79(78-89-91(85,86)88-76-75-82)77-87-80(83)73-71-69-67-65-63-61-59-57-55-53-51-49-47-45-32-30-28-26-24-22-20-18-16-14-12-10-8-6-4-2/h5,7,11,13,16-19,22-25,28-31,34-35,79H,3-4,6,8-10,12,14-15,20-21,26-27,32-33,36-78,82H2,1-2H3,(H,85,86)/b7-5-,13-11-,18-16-,19-17-,24-22-,25-23-,30-28-,31-29-,35-34-. The van der Waals surface area contributed by atoms with E-state index in [1.54, 1.807) is 0 Å². The highest BCUT2D eigenvalue weighted by Gasteiger charge is 2.26. The van der Waals surface area contributed by atoms with Gasteiger partial charge in [-0.25, -0.2) is 4.57 Å². The maximum atomic E-state index is 12.8. The molecule has 0 fully saturated rings. The van der Waals surface area contributed by atoms with Gasteiger partial charge in [-0.1, -0.05) is 354 Å². The summed E-state index contributed by atoms with van der Waals surface area (Å²) in [5.41, 5.74) is 5.41. The fourth-order valence-electron chi connectivity index (χ4n) is 11.0. The second-order valence-electron chi connectivity index (χ2n) is 25.5. The van der Waals surface area contributed by atoms with E-state index in [-0.39, 0.29) is 38.6 Å². The summed E-state index contributed by atoms with van der Waals surface area (Å²) >= 11 is 0. The first kappa shape index (κ1) is 87.7. The number of phosphoric acid groups is 1. The zero-order chi connectivity index (χ0) is 65.8. The van der Waals surface area contributed by atoms with Crippen molar-refractivity contribution < 1.29 is 37.6 Å². The quantitative estimate of drug-likeness (QED) is 0.0264. The van der Waals surface area contributed by atoms with Gasteiger partial charge >= 0.3 is 19.8 Å². The second-order valence-corrected chi connectivity index (χ2v) is 26.9. The highest BCUT2D eigenvalue weighted by molar-refractivity contribution is 7.47. The maximum Gasteiger partial charge on any atom is 0.472 e. The topological polar surface area (TPSA) is 134 Å². The molecule has 0 aliphatic rings. The van der Waals surface area contributed by atoms with Crippen LogP contribution >= 0.6 is 7.82 Å². The summed E-state index contributed by atoms with van der Waals surface area (Å²) in [6, 6.07) is 0. The molecule has 2 atom stereocenters. The third kappa shape index (κ3) is 75.6. The number of rotatable bonds is 72.